The SMILES string of the molecule is Cc1ccccc1Cc1nc(C(=O)O)c(C)[nH]1. The van der Waals surface area contributed by atoms with Gasteiger partial charge in [-0.2, -0.15) is 0 Å². The highest BCUT2D eigenvalue weighted by Crippen LogP contribution is 2.13. The van der Waals surface area contributed by atoms with Gasteiger partial charge in [-0.15, -0.1) is 0 Å². The van der Waals surface area contributed by atoms with E-state index >= 15 is 0 Å². The molecule has 0 radical (unpaired) electrons. The fourth-order valence-electron chi connectivity index (χ4n) is 1.80. The number of hydrogen-bond acceptors (Lipinski definition) is 2. The number of rotatable bonds is 3. The summed E-state index contributed by atoms with van der Waals surface area (Å²) in [5.74, 6) is -0.302. The van der Waals surface area contributed by atoms with Gasteiger partial charge in [0.25, 0.3) is 0 Å². The van der Waals surface area contributed by atoms with Crippen LogP contribution in [0.25, 0.3) is 0 Å². The number of imidazole rings is 1. The van der Waals surface area contributed by atoms with E-state index in [1.54, 1.807) is 6.92 Å². The molecular weight excluding hydrogens is 216 g/mol. The maximum Gasteiger partial charge on any atom is 0.356 e. The van der Waals surface area contributed by atoms with Gasteiger partial charge in [0.1, 0.15) is 5.82 Å². The van der Waals surface area contributed by atoms with Crippen LogP contribution < -0.4 is 0 Å². The Kier molecular flexibility index (Phi) is 2.95. The molecule has 88 valence electrons. The number of nitrogens with zero attached hydrogens (tertiary/aromatic N) is 1. The first-order valence-electron chi connectivity index (χ1n) is 5.41. The molecule has 0 saturated carbocycles. The molecule has 2 aromatic rings. The Morgan fingerprint density at radius 1 is 1.35 bits per heavy atom. The van der Waals surface area contributed by atoms with E-state index in [0.717, 1.165) is 5.56 Å². The smallest absolute Gasteiger partial charge is 0.356 e. The molecule has 0 atom stereocenters. The molecule has 0 spiro atoms. The molecule has 2 rings (SSSR count). The Balaban J connectivity index is 2.28. The molecule has 1 heterocycles. The molecule has 0 unspecified atom stereocenters. The zero-order chi connectivity index (χ0) is 12.4. The van der Waals surface area contributed by atoms with Gasteiger partial charge in [-0.05, 0) is 25.0 Å². The van der Waals surface area contributed by atoms with Crippen LogP contribution in [0.15, 0.2) is 24.3 Å². The van der Waals surface area contributed by atoms with Gasteiger partial charge >= 0.3 is 5.97 Å². The molecule has 0 fully saturated rings. The molecule has 0 amide bonds. The summed E-state index contributed by atoms with van der Waals surface area (Å²) in [5, 5.41) is 8.92. The summed E-state index contributed by atoms with van der Waals surface area (Å²) in [6, 6.07) is 8.00. The molecule has 0 aliphatic carbocycles. The van der Waals surface area contributed by atoms with Crippen molar-refractivity contribution in [1.82, 2.24) is 9.97 Å². The number of hydrogen-bond donors (Lipinski definition) is 2. The van der Waals surface area contributed by atoms with Gasteiger partial charge in [0.05, 0.1) is 0 Å². The predicted octanol–water partition coefficient (Wildman–Crippen LogP) is 2.32. The number of carbonyl (C=O) groups is 1. The lowest BCUT2D eigenvalue weighted by atomic mass is 10.1. The average Bonchev–Trinajstić information content (AvgIpc) is 2.63. The van der Waals surface area contributed by atoms with E-state index in [1.807, 2.05) is 31.2 Å². The summed E-state index contributed by atoms with van der Waals surface area (Å²) >= 11 is 0. The number of aromatic amines is 1. The van der Waals surface area contributed by atoms with Gasteiger partial charge in [0, 0.05) is 12.1 Å². The van der Waals surface area contributed by atoms with Gasteiger partial charge in [0.2, 0.25) is 0 Å². The van der Waals surface area contributed by atoms with Gasteiger partial charge in [0.15, 0.2) is 5.69 Å². The first kappa shape index (κ1) is 11.4. The molecule has 4 nitrogen and oxygen atoms in total. The van der Waals surface area contributed by atoms with Crippen LogP contribution in [0.4, 0.5) is 0 Å². The summed E-state index contributed by atoms with van der Waals surface area (Å²) in [5.41, 5.74) is 3.03. The lowest BCUT2D eigenvalue weighted by Crippen LogP contribution is -1.99. The lowest BCUT2D eigenvalue weighted by Gasteiger charge is -2.02. The first-order valence-corrected chi connectivity index (χ1v) is 5.41. The minimum absolute atomic E-state index is 0.105. The Morgan fingerprint density at radius 3 is 2.65 bits per heavy atom. The minimum atomic E-state index is -0.991. The van der Waals surface area contributed by atoms with Gasteiger partial charge in [-0.3, -0.25) is 0 Å². The van der Waals surface area contributed by atoms with Crippen molar-refractivity contribution in [3.63, 3.8) is 0 Å². The zero-order valence-electron chi connectivity index (χ0n) is 9.82. The lowest BCUT2D eigenvalue weighted by molar-refractivity contribution is 0.0690. The van der Waals surface area contributed by atoms with Crippen molar-refractivity contribution in [3.8, 4) is 0 Å². The first-order chi connectivity index (χ1) is 8.08. The number of carboxylic acids is 1. The maximum atomic E-state index is 10.9. The van der Waals surface area contributed by atoms with Crippen molar-refractivity contribution >= 4 is 5.97 Å². The van der Waals surface area contributed by atoms with E-state index in [-0.39, 0.29) is 5.69 Å². The fourth-order valence-corrected chi connectivity index (χ4v) is 1.80. The van der Waals surface area contributed by atoms with E-state index in [0.29, 0.717) is 17.9 Å². The van der Waals surface area contributed by atoms with Crippen molar-refractivity contribution in [2.45, 2.75) is 20.3 Å². The summed E-state index contributed by atoms with van der Waals surface area (Å²) < 4.78 is 0. The van der Waals surface area contributed by atoms with E-state index < -0.39 is 5.97 Å². The molecule has 17 heavy (non-hydrogen) atoms. The second-order valence-corrected chi connectivity index (χ2v) is 4.07. The summed E-state index contributed by atoms with van der Waals surface area (Å²) in [4.78, 5) is 18.0. The third kappa shape index (κ3) is 2.36. The van der Waals surface area contributed by atoms with E-state index in [1.165, 1.54) is 5.56 Å². The highest BCUT2D eigenvalue weighted by molar-refractivity contribution is 5.86. The molecule has 0 aliphatic rings. The van der Waals surface area contributed by atoms with Crippen LogP contribution >= 0.6 is 0 Å². The van der Waals surface area contributed by atoms with Crippen molar-refractivity contribution < 1.29 is 9.90 Å². The van der Waals surface area contributed by atoms with E-state index in [9.17, 15) is 4.79 Å². The Labute approximate surface area is 99.3 Å². The number of carboxylic acid groups (broad SMARTS) is 1. The number of aromatic nitrogens is 2. The molecular formula is C13H14N2O2. The standard InChI is InChI=1S/C13H14N2O2/c1-8-5-3-4-6-10(8)7-11-14-9(2)12(15-11)13(16)17/h3-6H,7H2,1-2H3,(H,14,15)(H,16,17). The zero-order valence-corrected chi connectivity index (χ0v) is 9.82. The van der Waals surface area contributed by atoms with Gasteiger partial charge in [-0.25, -0.2) is 9.78 Å². The monoisotopic (exact) mass is 230 g/mol. The second-order valence-electron chi connectivity index (χ2n) is 4.07. The van der Waals surface area contributed by atoms with Crippen molar-refractivity contribution in [1.29, 1.82) is 0 Å². The van der Waals surface area contributed by atoms with E-state index in [4.69, 9.17) is 5.11 Å². The van der Waals surface area contributed by atoms with Crippen LogP contribution in [0.2, 0.25) is 0 Å². The number of aryl methyl sites for hydroxylation is 2. The van der Waals surface area contributed by atoms with Crippen LogP contribution in [0.3, 0.4) is 0 Å². The van der Waals surface area contributed by atoms with Crippen LogP contribution in [0, 0.1) is 13.8 Å². The van der Waals surface area contributed by atoms with Crippen LogP contribution in [-0.4, -0.2) is 21.0 Å². The number of benzene rings is 1. The fraction of sp³-hybridized carbons (Fsp3) is 0.231. The minimum Gasteiger partial charge on any atom is -0.476 e. The maximum absolute atomic E-state index is 10.9. The van der Waals surface area contributed by atoms with Gasteiger partial charge < -0.3 is 10.1 Å². The van der Waals surface area contributed by atoms with Crippen molar-refractivity contribution in [2.24, 2.45) is 0 Å². The summed E-state index contributed by atoms with van der Waals surface area (Å²) in [7, 11) is 0. The van der Waals surface area contributed by atoms with Crippen molar-refractivity contribution in [2.75, 3.05) is 0 Å². The largest absolute Gasteiger partial charge is 0.476 e. The molecule has 2 N–H and O–H groups in total. The number of nitrogens with one attached hydrogen (secondary N) is 1. The molecule has 0 bridgehead atoms. The molecule has 0 aliphatic heterocycles. The number of aromatic carboxylic acids is 1. The van der Waals surface area contributed by atoms with Gasteiger partial charge in [-0.1, -0.05) is 24.3 Å². The van der Waals surface area contributed by atoms with Crippen LogP contribution in [-0.2, 0) is 6.42 Å². The molecule has 1 aromatic carbocycles. The summed E-state index contributed by atoms with van der Waals surface area (Å²) in [6.07, 6.45) is 0.626. The predicted molar refractivity (Wildman–Crippen MR) is 64.3 cm³/mol. The topological polar surface area (TPSA) is 66.0 Å². The molecule has 0 saturated heterocycles. The second kappa shape index (κ2) is 4.41. The Morgan fingerprint density at radius 2 is 2.06 bits per heavy atom. The molecule has 4 heteroatoms. The number of H-pyrrole nitrogens is 1. The Hall–Kier alpha value is -2.10. The highest BCUT2D eigenvalue weighted by atomic mass is 16.4. The van der Waals surface area contributed by atoms with Crippen molar-refractivity contribution in [3.05, 3.63) is 52.6 Å². The molecule has 1 aromatic heterocycles. The van der Waals surface area contributed by atoms with E-state index in [2.05, 4.69) is 9.97 Å². The third-order valence-corrected chi connectivity index (χ3v) is 2.76. The average molecular weight is 230 g/mol. The quantitative estimate of drug-likeness (QED) is 0.850. The van der Waals surface area contributed by atoms with Crippen LogP contribution in [0.5, 0.6) is 0 Å². The summed E-state index contributed by atoms with van der Waals surface area (Å²) in [6.45, 7) is 3.75. The normalized spacial score (nSPS) is 10.5. The van der Waals surface area contributed by atoms with Crippen LogP contribution in [0.1, 0.15) is 33.1 Å². The highest BCUT2D eigenvalue weighted by Gasteiger charge is 2.13. The third-order valence-electron chi connectivity index (χ3n) is 2.76. The Bertz CT molecular complexity index is 558.